The summed E-state index contributed by atoms with van der Waals surface area (Å²) in [5.74, 6) is -0.798. The average Bonchev–Trinajstić information content (AvgIpc) is 3.44. The third kappa shape index (κ3) is 7.57. The molecule has 0 aliphatic heterocycles. The van der Waals surface area contributed by atoms with E-state index in [9.17, 15) is 14.0 Å². The van der Waals surface area contributed by atoms with Crippen LogP contribution in [0.5, 0.6) is 11.6 Å². The second-order valence-corrected chi connectivity index (χ2v) is 11.5. The van der Waals surface area contributed by atoms with Crippen molar-refractivity contribution >= 4 is 23.2 Å². The Labute approximate surface area is 248 Å². The van der Waals surface area contributed by atoms with Crippen molar-refractivity contribution < 1.29 is 23.8 Å². The number of thiazole rings is 1. The number of hydrogen-bond donors (Lipinski definition) is 3. The molecule has 42 heavy (non-hydrogen) atoms. The number of nitrogens with one attached hydrogen (secondary N) is 2. The standard InChI is InChI=1S/C32H33FN4O4S/c1-20-35-29(19-42-20)31(40)37-26-12-10-25(11-13-26)36-30(39)28-17-24(33)18-34-32(28)41-27-9-3-8-23(16-27)22-7-2-5-21(15-22)6-4-14-38/h2-3,5,7-9,15-19,25-26,38H,4,6,10-14H2,1H3,(H,36,39)(H,37,40)/t25-,26-. The highest BCUT2D eigenvalue weighted by Gasteiger charge is 2.26. The van der Waals surface area contributed by atoms with E-state index in [0.29, 0.717) is 43.5 Å². The molecule has 0 bridgehead atoms. The van der Waals surface area contributed by atoms with Gasteiger partial charge in [-0.2, -0.15) is 0 Å². The summed E-state index contributed by atoms with van der Waals surface area (Å²) in [6, 6.07) is 16.5. The van der Waals surface area contributed by atoms with Crippen molar-refractivity contribution in [3.8, 4) is 22.8 Å². The number of aryl methyl sites for hydroxylation is 2. The highest BCUT2D eigenvalue weighted by atomic mass is 32.1. The number of halogens is 1. The first-order valence-corrected chi connectivity index (χ1v) is 14.9. The average molecular weight is 589 g/mol. The van der Waals surface area contributed by atoms with Crippen molar-refractivity contribution in [2.45, 2.75) is 57.5 Å². The summed E-state index contributed by atoms with van der Waals surface area (Å²) in [5, 5.41) is 17.8. The van der Waals surface area contributed by atoms with Gasteiger partial charge < -0.3 is 20.5 Å². The lowest BCUT2D eigenvalue weighted by Crippen LogP contribution is -2.44. The molecule has 2 aromatic carbocycles. The van der Waals surface area contributed by atoms with Gasteiger partial charge in [0, 0.05) is 24.1 Å². The lowest BCUT2D eigenvalue weighted by molar-refractivity contribution is 0.0888. The van der Waals surface area contributed by atoms with E-state index in [1.54, 1.807) is 11.4 Å². The SMILES string of the molecule is Cc1nc(C(=O)N[C@H]2CC[C@H](NC(=O)c3cc(F)cnc3Oc3cccc(-c4cccc(CCCO)c4)c3)CC2)cs1. The van der Waals surface area contributed by atoms with Gasteiger partial charge in [0.05, 0.1) is 11.2 Å². The van der Waals surface area contributed by atoms with Gasteiger partial charge in [0.1, 0.15) is 22.8 Å². The van der Waals surface area contributed by atoms with Crippen LogP contribution in [0.1, 0.15) is 63.5 Å². The second-order valence-electron chi connectivity index (χ2n) is 10.4. The third-order valence-electron chi connectivity index (χ3n) is 7.24. The number of benzene rings is 2. The zero-order valence-electron chi connectivity index (χ0n) is 23.3. The number of aromatic nitrogens is 2. The molecule has 0 unspecified atom stereocenters. The normalized spacial score (nSPS) is 16.5. The van der Waals surface area contributed by atoms with Crippen LogP contribution in [-0.2, 0) is 6.42 Å². The maximum Gasteiger partial charge on any atom is 0.270 e. The maximum atomic E-state index is 14.2. The van der Waals surface area contributed by atoms with Crippen molar-refractivity contribution in [1.29, 1.82) is 0 Å². The van der Waals surface area contributed by atoms with E-state index < -0.39 is 11.7 Å². The lowest BCUT2D eigenvalue weighted by Gasteiger charge is -2.29. The summed E-state index contributed by atoms with van der Waals surface area (Å²) in [5.41, 5.74) is 3.48. The monoisotopic (exact) mass is 588 g/mol. The number of amides is 2. The molecular weight excluding hydrogens is 555 g/mol. The molecule has 3 N–H and O–H groups in total. The van der Waals surface area contributed by atoms with Crippen LogP contribution in [0.2, 0.25) is 0 Å². The van der Waals surface area contributed by atoms with Crippen molar-refractivity contribution in [2.24, 2.45) is 0 Å². The smallest absolute Gasteiger partial charge is 0.270 e. The van der Waals surface area contributed by atoms with E-state index in [4.69, 9.17) is 9.84 Å². The van der Waals surface area contributed by atoms with E-state index in [2.05, 4.69) is 26.7 Å². The van der Waals surface area contributed by atoms with Gasteiger partial charge in [-0.05, 0) is 80.3 Å². The van der Waals surface area contributed by atoms with Gasteiger partial charge in [-0.3, -0.25) is 9.59 Å². The summed E-state index contributed by atoms with van der Waals surface area (Å²) >= 11 is 1.44. The highest BCUT2D eigenvalue weighted by molar-refractivity contribution is 7.09. The summed E-state index contributed by atoms with van der Waals surface area (Å²) < 4.78 is 20.2. The molecule has 0 spiro atoms. The number of aliphatic hydroxyl groups is 1. The van der Waals surface area contributed by atoms with Gasteiger partial charge in [-0.15, -0.1) is 11.3 Å². The topological polar surface area (TPSA) is 113 Å². The van der Waals surface area contributed by atoms with Crippen molar-refractivity contribution in [2.75, 3.05) is 6.61 Å². The molecule has 2 aromatic heterocycles. The Morgan fingerprint density at radius 2 is 1.69 bits per heavy atom. The largest absolute Gasteiger partial charge is 0.438 e. The Kier molecular flexibility index (Phi) is 9.55. The zero-order valence-corrected chi connectivity index (χ0v) is 24.1. The van der Waals surface area contributed by atoms with Crippen molar-refractivity contribution in [1.82, 2.24) is 20.6 Å². The van der Waals surface area contributed by atoms with Crippen molar-refractivity contribution in [3.63, 3.8) is 0 Å². The molecule has 1 aliphatic rings. The fraction of sp³-hybridized carbons (Fsp3) is 0.312. The minimum atomic E-state index is -0.635. The number of pyridine rings is 1. The van der Waals surface area contributed by atoms with Gasteiger partial charge in [0.15, 0.2) is 0 Å². The van der Waals surface area contributed by atoms with Crippen LogP contribution in [0.4, 0.5) is 4.39 Å². The van der Waals surface area contributed by atoms with Gasteiger partial charge in [-0.1, -0.05) is 36.4 Å². The van der Waals surface area contributed by atoms with Crippen LogP contribution in [0, 0.1) is 12.7 Å². The Balaban J connectivity index is 1.22. The van der Waals surface area contributed by atoms with Crippen LogP contribution < -0.4 is 15.4 Å². The summed E-state index contributed by atoms with van der Waals surface area (Å²) in [6.07, 6.45) is 5.26. The molecular formula is C32H33FN4O4S. The molecule has 218 valence electrons. The van der Waals surface area contributed by atoms with E-state index in [1.807, 2.05) is 43.3 Å². The van der Waals surface area contributed by atoms with Gasteiger partial charge in [0.25, 0.3) is 11.8 Å². The van der Waals surface area contributed by atoms with Crippen molar-refractivity contribution in [3.05, 3.63) is 93.8 Å². The molecule has 10 heteroatoms. The number of ether oxygens (including phenoxy) is 1. The number of rotatable bonds is 10. The molecule has 0 saturated heterocycles. The van der Waals surface area contributed by atoms with Gasteiger partial charge in [-0.25, -0.2) is 14.4 Å². The Bertz CT molecular complexity index is 1550. The fourth-order valence-electron chi connectivity index (χ4n) is 5.08. The van der Waals surface area contributed by atoms with Gasteiger partial charge >= 0.3 is 0 Å². The molecule has 8 nitrogen and oxygen atoms in total. The third-order valence-corrected chi connectivity index (χ3v) is 8.02. The predicted molar refractivity (Wildman–Crippen MR) is 159 cm³/mol. The molecule has 0 radical (unpaired) electrons. The number of hydrogen-bond acceptors (Lipinski definition) is 7. The summed E-state index contributed by atoms with van der Waals surface area (Å²) in [6.45, 7) is 2.00. The molecule has 1 fully saturated rings. The van der Waals surface area contributed by atoms with Gasteiger partial charge in [0.2, 0.25) is 5.88 Å². The molecule has 5 rings (SSSR count). The summed E-state index contributed by atoms with van der Waals surface area (Å²) in [7, 11) is 0. The first-order chi connectivity index (χ1) is 20.4. The quantitative estimate of drug-likeness (QED) is 0.215. The number of carbonyl (C=O) groups excluding carboxylic acids is 2. The molecule has 1 saturated carbocycles. The number of carbonyl (C=O) groups is 2. The van der Waals surface area contributed by atoms with Crippen LogP contribution in [0.15, 0.2) is 66.2 Å². The Morgan fingerprint density at radius 3 is 2.38 bits per heavy atom. The maximum absolute atomic E-state index is 14.2. The van der Waals surface area contributed by atoms with E-state index >= 15 is 0 Å². The Morgan fingerprint density at radius 1 is 1.00 bits per heavy atom. The highest BCUT2D eigenvalue weighted by Crippen LogP contribution is 2.29. The lowest BCUT2D eigenvalue weighted by atomic mass is 9.91. The number of nitrogens with zero attached hydrogens (tertiary/aromatic N) is 2. The minimum absolute atomic E-state index is 0.00466. The first-order valence-electron chi connectivity index (χ1n) is 14.1. The number of aliphatic hydroxyl groups excluding tert-OH is 1. The molecule has 0 atom stereocenters. The van der Waals surface area contributed by atoms with Crippen LogP contribution in [-0.4, -0.2) is 45.6 Å². The molecule has 2 amide bonds. The predicted octanol–water partition coefficient (Wildman–Crippen LogP) is 5.84. The van der Waals surface area contributed by atoms with E-state index in [0.717, 1.165) is 40.4 Å². The molecule has 4 aromatic rings. The second kappa shape index (κ2) is 13.7. The Hall–Kier alpha value is -4.15. The fourth-order valence-corrected chi connectivity index (χ4v) is 5.68. The van der Waals surface area contributed by atoms with Crippen LogP contribution >= 0.6 is 11.3 Å². The van der Waals surface area contributed by atoms with E-state index in [-0.39, 0.29) is 36.0 Å². The van der Waals surface area contributed by atoms with Crippen LogP contribution in [0.25, 0.3) is 11.1 Å². The minimum Gasteiger partial charge on any atom is -0.438 e. The summed E-state index contributed by atoms with van der Waals surface area (Å²) in [4.78, 5) is 34.0. The molecule has 2 heterocycles. The van der Waals surface area contributed by atoms with E-state index in [1.165, 1.54) is 11.3 Å². The molecule has 1 aliphatic carbocycles. The zero-order chi connectivity index (χ0) is 29.5. The first kappa shape index (κ1) is 29.3. The van der Waals surface area contributed by atoms with Crippen LogP contribution in [0.3, 0.4) is 0 Å².